The van der Waals surface area contributed by atoms with E-state index in [2.05, 4.69) is 10.3 Å². The molecule has 0 atom stereocenters. The van der Waals surface area contributed by atoms with Gasteiger partial charge in [-0.1, -0.05) is 0 Å². The van der Waals surface area contributed by atoms with Gasteiger partial charge < -0.3 is 10.2 Å². The molecule has 1 aromatic heterocycles. The molecule has 5 nitrogen and oxygen atoms in total. The van der Waals surface area contributed by atoms with E-state index in [4.69, 9.17) is 0 Å². The Morgan fingerprint density at radius 2 is 1.96 bits per heavy atom. The Kier molecular flexibility index (Phi) is 5.75. The summed E-state index contributed by atoms with van der Waals surface area (Å²) in [5.74, 6) is -3.35. The molecule has 23 heavy (non-hydrogen) atoms. The Balaban J connectivity index is 1.97. The normalized spacial score (nSPS) is 10.4. The number of nitrogens with one attached hydrogen (secondary N) is 1. The van der Waals surface area contributed by atoms with Crippen LogP contribution in [0.4, 0.5) is 14.5 Å². The number of halogens is 2. The van der Waals surface area contributed by atoms with E-state index in [1.54, 1.807) is 13.1 Å². The van der Waals surface area contributed by atoms with Crippen molar-refractivity contribution in [3.8, 4) is 0 Å². The van der Waals surface area contributed by atoms with Crippen LogP contribution in [0.15, 0.2) is 29.8 Å². The van der Waals surface area contributed by atoms with E-state index in [1.165, 1.54) is 16.2 Å². The number of anilines is 1. The number of aromatic nitrogens is 1. The predicted octanol–water partition coefficient (Wildman–Crippen LogP) is 2.45. The van der Waals surface area contributed by atoms with Gasteiger partial charge in [-0.3, -0.25) is 9.59 Å². The minimum atomic E-state index is -0.934. The van der Waals surface area contributed by atoms with Crippen molar-refractivity contribution in [2.45, 2.75) is 13.3 Å². The van der Waals surface area contributed by atoms with Crippen LogP contribution in [0, 0.1) is 11.6 Å². The summed E-state index contributed by atoms with van der Waals surface area (Å²) in [5, 5.41) is 4.90. The van der Waals surface area contributed by atoms with Gasteiger partial charge in [0.15, 0.2) is 0 Å². The predicted molar refractivity (Wildman–Crippen MR) is 83.1 cm³/mol. The summed E-state index contributed by atoms with van der Waals surface area (Å²) in [6, 6.07) is 2.57. The Labute approximate surface area is 136 Å². The molecule has 0 aliphatic rings. The summed E-state index contributed by atoms with van der Waals surface area (Å²) < 4.78 is 26.2. The standard InChI is InChI=1S/C15H15F2N3O2S/c1-2-20(5-3-13-18-4-6-23-13)15(22)14(21)19-12-8-10(16)7-11(17)9-12/h4,6-9H,2-3,5H2,1H3,(H,19,21). The van der Waals surface area contributed by atoms with Crippen molar-refractivity contribution in [3.05, 3.63) is 46.4 Å². The van der Waals surface area contributed by atoms with Gasteiger partial charge in [0.2, 0.25) is 0 Å². The maximum Gasteiger partial charge on any atom is 0.313 e. The van der Waals surface area contributed by atoms with Crippen LogP contribution in [0.25, 0.3) is 0 Å². The van der Waals surface area contributed by atoms with E-state index in [-0.39, 0.29) is 5.69 Å². The maximum atomic E-state index is 13.1. The number of thiazole rings is 1. The van der Waals surface area contributed by atoms with Gasteiger partial charge >= 0.3 is 11.8 Å². The van der Waals surface area contributed by atoms with Crippen LogP contribution in [-0.4, -0.2) is 34.8 Å². The molecule has 1 heterocycles. The highest BCUT2D eigenvalue weighted by atomic mass is 32.1. The first-order chi connectivity index (χ1) is 11.0. The highest BCUT2D eigenvalue weighted by Gasteiger charge is 2.21. The molecule has 0 radical (unpaired) electrons. The Morgan fingerprint density at radius 3 is 2.52 bits per heavy atom. The van der Waals surface area contributed by atoms with Crippen molar-refractivity contribution in [3.63, 3.8) is 0 Å². The molecule has 0 bridgehead atoms. The summed E-state index contributed by atoms with van der Waals surface area (Å²) in [4.78, 5) is 29.5. The Bertz CT molecular complexity index is 672. The molecule has 1 aromatic carbocycles. The number of nitrogens with zero attached hydrogens (tertiary/aromatic N) is 2. The van der Waals surface area contributed by atoms with E-state index >= 15 is 0 Å². The molecule has 0 aliphatic carbocycles. The van der Waals surface area contributed by atoms with Crippen LogP contribution < -0.4 is 5.32 Å². The first-order valence-corrected chi connectivity index (χ1v) is 7.82. The number of hydrogen-bond acceptors (Lipinski definition) is 4. The number of carbonyl (C=O) groups is 2. The number of carbonyl (C=O) groups excluding carboxylic acids is 2. The van der Waals surface area contributed by atoms with E-state index in [1.807, 2.05) is 5.38 Å². The molecular weight excluding hydrogens is 324 g/mol. The van der Waals surface area contributed by atoms with Gasteiger partial charge in [0.25, 0.3) is 0 Å². The van der Waals surface area contributed by atoms with E-state index in [9.17, 15) is 18.4 Å². The fourth-order valence-electron chi connectivity index (χ4n) is 1.96. The van der Waals surface area contributed by atoms with Gasteiger partial charge in [-0.05, 0) is 19.1 Å². The van der Waals surface area contributed by atoms with Crippen molar-refractivity contribution in [1.29, 1.82) is 0 Å². The van der Waals surface area contributed by atoms with Crippen molar-refractivity contribution in [1.82, 2.24) is 9.88 Å². The van der Waals surface area contributed by atoms with Crippen LogP contribution in [-0.2, 0) is 16.0 Å². The van der Waals surface area contributed by atoms with Crippen molar-refractivity contribution >= 4 is 28.8 Å². The molecular formula is C15H15F2N3O2S. The van der Waals surface area contributed by atoms with Gasteiger partial charge in [-0.25, -0.2) is 13.8 Å². The van der Waals surface area contributed by atoms with Crippen molar-refractivity contribution in [2.24, 2.45) is 0 Å². The molecule has 0 unspecified atom stereocenters. The first-order valence-electron chi connectivity index (χ1n) is 6.94. The van der Waals surface area contributed by atoms with Crippen LogP contribution in [0.3, 0.4) is 0 Å². The lowest BCUT2D eigenvalue weighted by Gasteiger charge is -2.19. The Morgan fingerprint density at radius 1 is 1.26 bits per heavy atom. The first kappa shape index (κ1) is 17.0. The zero-order valence-electron chi connectivity index (χ0n) is 12.4. The molecule has 122 valence electrons. The number of benzene rings is 1. The lowest BCUT2D eigenvalue weighted by Crippen LogP contribution is -2.40. The topological polar surface area (TPSA) is 62.3 Å². The third-order valence-electron chi connectivity index (χ3n) is 3.06. The SMILES string of the molecule is CCN(CCc1nccs1)C(=O)C(=O)Nc1cc(F)cc(F)c1. The molecule has 2 amide bonds. The highest BCUT2D eigenvalue weighted by Crippen LogP contribution is 2.13. The van der Waals surface area contributed by atoms with E-state index in [0.29, 0.717) is 25.6 Å². The number of hydrogen-bond donors (Lipinski definition) is 1. The van der Waals surface area contributed by atoms with Crippen LogP contribution >= 0.6 is 11.3 Å². The average molecular weight is 339 g/mol. The molecule has 0 aliphatic heterocycles. The van der Waals surface area contributed by atoms with Gasteiger partial charge in [-0.15, -0.1) is 11.3 Å². The van der Waals surface area contributed by atoms with Crippen LogP contribution in [0.5, 0.6) is 0 Å². The minimum absolute atomic E-state index is 0.100. The summed E-state index contributed by atoms with van der Waals surface area (Å²) in [7, 11) is 0. The third-order valence-corrected chi connectivity index (χ3v) is 3.90. The fraction of sp³-hybridized carbons (Fsp3) is 0.267. The second-order valence-corrected chi connectivity index (χ2v) is 5.65. The molecule has 2 rings (SSSR count). The summed E-state index contributed by atoms with van der Waals surface area (Å²) >= 11 is 1.47. The molecule has 0 spiro atoms. The largest absolute Gasteiger partial charge is 0.334 e. The monoisotopic (exact) mass is 339 g/mol. The van der Waals surface area contributed by atoms with Crippen LogP contribution in [0.1, 0.15) is 11.9 Å². The van der Waals surface area contributed by atoms with Crippen molar-refractivity contribution in [2.75, 3.05) is 18.4 Å². The molecule has 8 heteroatoms. The van der Waals surface area contributed by atoms with Gasteiger partial charge in [0.05, 0.1) is 5.01 Å². The summed E-state index contributed by atoms with van der Waals surface area (Å²) in [6.45, 7) is 2.43. The van der Waals surface area contributed by atoms with E-state index < -0.39 is 23.4 Å². The van der Waals surface area contributed by atoms with Gasteiger partial charge in [0, 0.05) is 42.8 Å². The zero-order chi connectivity index (χ0) is 16.8. The zero-order valence-corrected chi connectivity index (χ0v) is 13.2. The quantitative estimate of drug-likeness (QED) is 0.851. The molecule has 0 fully saturated rings. The summed E-state index contributed by atoms with van der Waals surface area (Å²) in [5.41, 5.74) is -0.100. The second kappa shape index (κ2) is 7.77. The lowest BCUT2D eigenvalue weighted by atomic mass is 10.3. The minimum Gasteiger partial charge on any atom is -0.334 e. The van der Waals surface area contributed by atoms with Gasteiger partial charge in [-0.2, -0.15) is 0 Å². The smallest absolute Gasteiger partial charge is 0.313 e. The number of rotatable bonds is 5. The fourth-order valence-corrected chi connectivity index (χ4v) is 2.57. The molecule has 1 N–H and O–H groups in total. The van der Waals surface area contributed by atoms with E-state index in [0.717, 1.165) is 17.1 Å². The third kappa shape index (κ3) is 4.82. The van der Waals surface area contributed by atoms with Crippen molar-refractivity contribution < 1.29 is 18.4 Å². The lowest BCUT2D eigenvalue weighted by molar-refractivity contribution is -0.143. The number of likely N-dealkylation sites (N-methyl/N-ethyl adjacent to an activating group) is 1. The highest BCUT2D eigenvalue weighted by molar-refractivity contribution is 7.09. The maximum absolute atomic E-state index is 13.1. The Hall–Kier alpha value is -2.35. The van der Waals surface area contributed by atoms with Crippen LogP contribution in [0.2, 0.25) is 0 Å². The molecule has 2 aromatic rings. The second-order valence-electron chi connectivity index (χ2n) is 4.67. The number of amides is 2. The van der Waals surface area contributed by atoms with Gasteiger partial charge in [0.1, 0.15) is 11.6 Å². The molecule has 0 saturated carbocycles. The summed E-state index contributed by atoms with van der Waals surface area (Å²) in [6.07, 6.45) is 2.21. The molecule has 0 saturated heterocycles. The average Bonchev–Trinajstić information content (AvgIpc) is 2.99.